The van der Waals surface area contributed by atoms with E-state index in [0.29, 0.717) is 10.6 Å². The molecule has 6 nitrogen and oxygen atoms in total. The first-order valence-electron chi connectivity index (χ1n) is 9.33. The third-order valence-corrected chi connectivity index (χ3v) is 8.32. The van der Waals surface area contributed by atoms with Crippen molar-refractivity contribution in [2.75, 3.05) is 6.16 Å². The van der Waals surface area contributed by atoms with E-state index < -0.39 is 31.0 Å². The first-order chi connectivity index (χ1) is 14.4. The number of carboxylic acids is 1. The number of amides is 2. The van der Waals surface area contributed by atoms with Gasteiger partial charge in [-0.2, -0.15) is 0 Å². The molecule has 0 unspecified atom stereocenters. The minimum atomic E-state index is -3.46. The number of hydrogen-bond acceptors (Lipinski definition) is 4. The number of benzene rings is 3. The predicted octanol–water partition coefficient (Wildman–Crippen LogP) is 2.75. The Hall–Kier alpha value is -3.50. The fraction of sp³-hybridized carbons (Fsp3) is 0.0870. The second kappa shape index (κ2) is 7.73. The van der Waals surface area contributed by atoms with Gasteiger partial charge in [0.1, 0.15) is 13.2 Å². The second-order valence-electron chi connectivity index (χ2n) is 6.97. The number of rotatable bonds is 6. The fourth-order valence-corrected chi connectivity index (χ4v) is 6.54. The van der Waals surface area contributed by atoms with Crippen LogP contribution in [-0.2, 0) is 9.36 Å². The molecule has 0 aliphatic carbocycles. The average molecular weight is 419 g/mol. The summed E-state index contributed by atoms with van der Waals surface area (Å²) in [5.41, 5.74) is 0.311. The number of imide groups is 1. The van der Waals surface area contributed by atoms with Crippen molar-refractivity contribution >= 4 is 35.5 Å². The van der Waals surface area contributed by atoms with Gasteiger partial charge in [0.25, 0.3) is 11.8 Å². The monoisotopic (exact) mass is 419 g/mol. The Bertz CT molecular complexity index is 1100. The summed E-state index contributed by atoms with van der Waals surface area (Å²) >= 11 is 0. The molecule has 3 aromatic rings. The van der Waals surface area contributed by atoms with Gasteiger partial charge in [0.2, 0.25) is 0 Å². The minimum Gasteiger partial charge on any atom is -0.480 e. The van der Waals surface area contributed by atoms with Crippen LogP contribution in [-0.4, -0.2) is 40.0 Å². The molecule has 7 heteroatoms. The number of hydrogen-bond donors (Lipinski definition) is 1. The number of fused-ring (bicyclic) bond motifs is 1. The molecule has 4 rings (SSSR count). The Kier molecular flexibility index (Phi) is 5.10. The van der Waals surface area contributed by atoms with Crippen LogP contribution >= 0.6 is 7.14 Å². The Morgan fingerprint density at radius 1 is 0.767 bits per heavy atom. The zero-order valence-corrected chi connectivity index (χ0v) is 16.7. The Balaban J connectivity index is 1.80. The molecule has 1 heterocycles. The van der Waals surface area contributed by atoms with E-state index >= 15 is 0 Å². The van der Waals surface area contributed by atoms with Crippen molar-refractivity contribution in [1.29, 1.82) is 0 Å². The zero-order valence-electron chi connectivity index (χ0n) is 15.8. The number of carbonyl (C=O) groups excluding carboxylic acids is 2. The molecule has 30 heavy (non-hydrogen) atoms. The van der Waals surface area contributed by atoms with Crippen molar-refractivity contribution in [1.82, 2.24) is 4.90 Å². The molecule has 0 radical (unpaired) electrons. The third-order valence-electron chi connectivity index (χ3n) is 5.20. The maximum absolute atomic E-state index is 14.3. The zero-order chi connectivity index (χ0) is 21.3. The van der Waals surface area contributed by atoms with Crippen LogP contribution in [0.4, 0.5) is 0 Å². The summed E-state index contributed by atoms with van der Waals surface area (Å²) in [5, 5.41) is 10.9. The van der Waals surface area contributed by atoms with Gasteiger partial charge < -0.3 is 9.67 Å². The van der Waals surface area contributed by atoms with Gasteiger partial charge in [-0.15, -0.1) is 0 Å². The van der Waals surface area contributed by atoms with E-state index in [1.165, 1.54) is 12.1 Å². The van der Waals surface area contributed by atoms with Crippen LogP contribution in [0.2, 0.25) is 0 Å². The van der Waals surface area contributed by atoms with Crippen molar-refractivity contribution in [2.24, 2.45) is 0 Å². The van der Waals surface area contributed by atoms with Gasteiger partial charge in [-0.1, -0.05) is 72.8 Å². The molecule has 1 aliphatic rings. The molecule has 2 amide bonds. The summed E-state index contributed by atoms with van der Waals surface area (Å²) in [6.45, 7) is 0. The van der Waals surface area contributed by atoms with Crippen molar-refractivity contribution < 1.29 is 24.1 Å². The molecular formula is C23H18NO5P. The van der Waals surface area contributed by atoms with E-state index in [4.69, 9.17) is 0 Å². The SMILES string of the molecule is O=C(O)[C@H](CP(=O)(c1ccccc1)c1ccccc1)N1C(=O)c2ccccc2C1=O. The lowest BCUT2D eigenvalue weighted by molar-refractivity contribution is -0.140. The molecule has 0 aromatic heterocycles. The summed E-state index contributed by atoms with van der Waals surface area (Å²) in [6.07, 6.45) is -0.387. The lowest BCUT2D eigenvalue weighted by atomic mass is 10.1. The molecule has 1 aliphatic heterocycles. The molecule has 0 saturated heterocycles. The minimum absolute atomic E-state index is 0.156. The maximum atomic E-state index is 14.3. The highest BCUT2D eigenvalue weighted by molar-refractivity contribution is 7.78. The lowest BCUT2D eigenvalue weighted by Gasteiger charge is -2.27. The molecule has 0 fully saturated rings. The van der Waals surface area contributed by atoms with Gasteiger partial charge in [-0.05, 0) is 12.1 Å². The van der Waals surface area contributed by atoms with Gasteiger partial charge in [0.05, 0.1) is 11.1 Å². The Labute approximate surface area is 173 Å². The predicted molar refractivity (Wildman–Crippen MR) is 113 cm³/mol. The molecule has 1 N–H and O–H groups in total. The summed E-state index contributed by atoms with van der Waals surface area (Å²) in [7, 11) is -3.46. The van der Waals surface area contributed by atoms with Crippen molar-refractivity contribution in [3.63, 3.8) is 0 Å². The van der Waals surface area contributed by atoms with Crippen LogP contribution in [0.25, 0.3) is 0 Å². The highest BCUT2D eigenvalue weighted by Gasteiger charge is 2.46. The normalized spacial score (nSPS) is 14.5. The number of carboxylic acid groups (broad SMARTS) is 1. The number of aliphatic carboxylic acids is 1. The van der Waals surface area contributed by atoms with E-state index in [2.05, 4.69) is 0 Å². The van der Waals surface area contributed by atoms with Crippen LogP contribution in [0.15, 0.2) is 84.9 Å². The van der Waals surface area contributed by atoms with Gasteiger partial charge in [0, 0.05) is 16.8 Å². The van der Waals surface area contributed by atoms with Gasteiger partial charge in [0.15, 0.2) is 0 Å². The van der Waals surface area contributed by atoms with Crippen LogP contribution in [0.3, 0.4) is 0 Å². The van der Waals surface area contributed by atoms with E-state index in [-0.39, 0.29) is 17.3 Å². The smallest absolute Gasteiger partial charge is 0.327 e. The first kappa shape index (κ1) is 19.8. The number of carbonyl (C=O) groups is 3. The third kappa shape index (κ3) is 3.25. The van der Waals surface area contributed by atoms with E-state index in [0.717, 1.165) is 4.90 Å². The fourth-order valence-electron chi connectivity index (χ4n) is 3.70. The molecule has 150 valence electrons. The van der Waals surface area contributed by atoms with Crippen LogP contribution in [0.5, 0.6) is 0 Å². The van der Waals surface area contributed by atoms with E-state index in [9.17, 15) is 24.1 Å². The summed E-state index contributed by atoms with van der Waals surface area (Å²) in [4.78, 5) is 38.7. The van der Waals surface area contributed by atoms with Crippen molar-refractivity contribution in [3.05, 3.63) is 96.1 Å². The maximum Gasteiger partial charge on any atom is 0.327 e. The van der Waals surface area contributed by atoms with Crippen LogP contribution in [0.1, 0.15) is 20.7 Å². The Morgan fingerprint density at radius 2 is 1.17 bits per heavy atom. The second-order valence-corrected chi connectivity index (χ2v) is 9.85. The lowest BCUT2D eigenvalue weighted by Crippen LogP contribution is -2.48. The van der Waals surface area contributed by atoms with Gasteiger partial charge in [-0.3, -0.25) is 14.5 Å². The van der Waals surface area contributed by atoms with Crippen molar-refractivity contribution in [3.8, 4) is 0 Å². The highest BCUT2D eigenvalue weighted by atomic mass is 31.2. The molecule has 0 bridgehead atoms. The molecule has 1 atom stereocenters. The van der Waals surface area contributed by atoms with Crippen molar-refractivity contribution in [2.45, 2.75) is 6.04 Å². The van der Waals surface area contributed by atoms with Crippen LogP contribution < -0.4 is 10.6 Å². The summed E-state index contributed by atoms with van der Waals surface area (Å²) in [6, 6.07) is 21.8. The standard InChI is InChI=1S/C23H18NO5P/c25-21-18-13-7-8-14-19(18)22(26)24(21)20(23(27)28)15-30(29,16-9-3-1-4-10-16)17-11-5-2-6-12-17/h1-14,20H,15H2,(H,27,28)/t20-/m0/s1. The highest BCUT2D eigenvalue weighted by Crippen LogP contribution is 2.45. The van der Waals surface area contributed by atoms with E-state index in [1.54, 1.807) is 72.8 Å². The molecule has 0 spiro atoms. The molecular weight excluding hydrogens is 401 g/mol. The first-order valence-corrected chi connectivity index (χ1v) is 11.2. The van der Waals surface area contributed by atoms with Crippen LogP contribution in [0, 0.1) is 0 Å². The summed E-state index contributed by atoms with van der Waals surface area (Å²) < 4.78 is 14.3. The molecule has 0 saturated carbocycles. The largest absolute Gasteiger partial charge is 0.480 e. The van der Waals surface area contributed by atoms with Gasteiger partial charge >= 0.3 is 5.97 Å². The van der Waals surface area contributed by atoms with E-state index in [1.807, 2.05) is 0 Å². The average Bonchev–Trinajstić information content (AvgIpc) is 3.03. The topological polar surface area (TPSA) is 91.8 Å². The molecule has 3 aromatic carbocycles. The van der Waals surface area contributed by atoms with Gasteiger partial charge in [-0.25, -0.2) is 4.79 Å². The number of nitrogens with zero attached hydrogens (tertiary/aromatic N) is 1. The summed E-state index contributed by atoms with van der Waals surface area (Å²) in [5.74, 6) is -2.75. The Morgan fingerprint density at radius 3 is 1.57 bits per heavy atom. The quantitative estimate of drug-likeness (QED) is 0.490.